The lowest BCUT2D eigenvalue weighted by atomic mass is 9.84. The first kappa shape index (κ1) is 23.1. The molecule has 1 aliphatic carbocycles. The summed E-state index contributed by atoms with van der Waals surface area (Å²) in [6.45, 7) is 2.18. The number of carbonyl (C=O) groups excluding carboxylic acids is 2. The maximum atomic E-state index is 12.6. The molecule has 0 unspecified atom stereocenters. The fourth-order valence-corrected chi connectivity index (χ4v) is 4.50. The summed E-state index contributed by atoms with van der Waals surface area (Å²) < 4.78 is 45.7. The van der Waals surface area contributed by atoms with E-state index >= 15 is 0 Å². The number of rotatable bonds is 7. The summed E-state index contributed by atoms with van der Waals surface area (Å²) in [6.07, 6.45) is -0.941. The molecule has 1 heterocycles. The minimum absolute atomic E-state index is 0.0651. The third-order valence-electron chi connectivity index (χ3n) is 5.19. The molecule has 1 N–H and O–H groups in total. The van der Waals surface area contributed by atoms with Gasteiger partial charge in [0.05, 0.1) is 11.5 Å². The van der Waals surface area contributed by atoms with Crippen LogP contribution in [0.15, 0.2) is 35.7 Å². The van der Waals surface area contributed by atoms with Gasteiger partial charge < -0.3 is 14.8 Å². The molecule has 1 saturated carbocycles. The van der Waals surface area contributed by atoms with Gasteiger partial charge in [0, 0.05) is 12.5 Å². The molecule has 31 heavy (non-hydrogen) atoms. The van der Waals surface area contributed by atoms with Gasteiger partial charge in [0.2, 0.25) is 0 Å². The minimum Gasteiger partial charge on any atom is -0.466 e. The van der Waals surface area contributed by atoms with Crippen molar-refractivity contribution in [1.29, 1.82) is 0 Å². The van der Waals surface area contributed by atoms with E-state index in [2.05, 4.69) is 10.1 Å². The summed E-state index contributed by atoms with van der Waals surface area (Å²) in [5.74, 6) is -0.325. The number of hydrogen-bond donors (Lipinski definition) is 1. The van der Waals surface area contributed by atoms with Gasteiger partial charge in [-0.25, -0.2) is 0 Å². The number of thiophene rings is 1. The Morgan fingerprint density at radius 1 is 1.10 bits per heavy atom. The molecule has 0 spiro atoms. The summed E-state index contributed by atoms with van der Waals surface area (Å²) in [5.41, 5.74) is 1.45. The van der Waals surface area contributed by atoms with Crippen molar-refractivity contribution in [3.05, 3.63) is 40.6 Å². The molecular formula is C22H24F3NO4S. The van der Waals surface area contributed by atoms with E-state index < -0.39 is 6.36 Å². The normalized spacial score (nSPS) is 19.0. The molecule has 3 rings (SSSR count). The molecule has 9 heteroatoms. The van der Waals surface area contributed by atoms with Crippen LogP contribution < -0.4 is 10.1 Å². The predicted molar refractivity (Wildman–Crippen MR) is 111 cm³/mol. The van der Waals surface area contributed by atoms with E-state index in [4.69, 9.17) is 4.74 Å². The highest BCUT2D eigenvalue weighted by molar-refractivity contribution is 7.12. The third-order valence-corrected chi connectivity index (χ3v) is 6.12. The number of nitrogens with one attached hydrogen (secondary N) is 1. The van der Waals surface area contributed by atoms with Crippen LogP contribution in [0.2, 0.25) is 0 Å². The molecule has 0 saturated heterocycles. The van der Waals surface area contributed by atoms with Crippen molar-refractivity contribution >= 4 is 23.2 Å². The Morgan fingerprint density at radius 3 is 2.39 bits per heavy atom. The Morgan fingerprint density at radius 2 is 1.77 bits per heavy atom. The van der Waals surface area contributed by atoms with Gasteiger partial charge in [-0.05, 0) is 73.2 Å². The number of benzene rings is 1. The van der Waals surface area contributed by atoms with E-state index in [1.165, 1.54) is 35.6 Å². The summed E-state index contributed by atoms with van der Waals surface area (Å²) >= 11 is 1.29. The summed E-state index contributed by atoms with van der Waals surface area (Å²) in [7, 11) is 0. The molecule has 1 aromatic carbocycles. The largest absolute Gasteiger partial charge is 0.573 e. The van der Waals surface area contributed by atoms with Crippen molar-refractivity contribution in [3.63, 3.8) is 0 Å². The Labute approximate surface area is 182 Å². The van der Waals surface area contributed by atoms with E-state index in [0.29, 0.717) is 29.4 Å². The smallest absolute Gasteiger partial charge is 0.466 e. The molecule has 1 aliphatic rings. The van der Waals surface area contributed by atoms with Gasteiger partial charge in [-0.3, -0.25) is 9.59 Å². The maximum absolute atomic E-state index is 12.6. The molecule has 168 valence electrons. The Kier molecular flexibility index (Phi) is 7.59. The zero-order chi connectivity index (χ0) is 22.4. The van der Waals surface area contributed by atoms with Gasteiger partial charge in [0.1, 0.15) is 5.75 Å². The molecule has 2 aromatic rings. The summed E-state index contributed by atoms with van der Waals surface area (Å²) in [4.78, 5) is 24.7. The van der Waals surface area contributed by atoms with Crippen LogP contribution in [-0.2, 0) is 9.53 Å². The quantitative estimate of drug-likeness (QED) is 0.556. The van der Waals surface area contributed by atoms with Crippen LogP contribution >= 0.6 is 11.3 Å². The van der Waals surface area contributed by atoms with Gasteiger partial charge >= 0.3 is 12.3 Å². The fraction of sp³-hybridized carbons (Fsp3) is 0.455. The molecule has 1 aromatic heterocycles. The van der Waals surface area contributed by atoms with Crippen molar-refractivity contribution in [2.75, 3.05) is 6.61 Å². The second-order valence-corrected chi connectivity index (χ2v) is 8.38. The van der Waals surface area contributed by atoms with Crippen molar-refractivity contribution < 1.29 is 32.2 Å². The number of alkyl halides is 3. The first-order chi connectivity index (χ1) is 14.7. The average molecular weight is 455 g/mol. The van der Waals surface area contributed by atoms with Crippen molar-refractivity contribution in [1.82, 2.24) is 5.32 Å². The van der Waals surface area contributed by atoms with Gasteiger partial charge in [-0.1, -0.05) is 12.1 Å². The van der Waals surface area contributed by atoms with Crippen LogP contribution in [-0.4, -0.2) is 30.9 Å². The number of amides is 1. The Hall–Kier alpha value is -2.55. The predicted octanol–water partition coefficient (Wildman–Crippen LogP) is 5.56. The number of esters is 1. The Bertz CT molecular complexity index is 887. The van der Waals surface area contributed by atoms with Crippen molar-refractivity contribution in [3.8, 4) is 16.9 Å². The highest BCUT2D eigenvalue weighted by Crippen LogP contribution is 2.30. The van der Waals surface area contributed by atoms with Crippen LogP contribution in [0.25, 0.3) is 11.1 Å². The molecule has 0 radical (unpaired) electrons. The lowest BCUT2D eigenvalue weighted by Crippen LogP contribution is -2.37. The lowest BCUT2D eigenvalue weighted by Gasteiger charge is -2.28. The zero-order valence-electron chi connectivity index (χ0n) is 17.0. The second-order valence-electron chi connectivity index (χ2n) is 7.47. The summed E-state index contributed by atoms with van der Waals surface area (Å²) in [6, 6.07) is 7.33. The van der Waals surface area contributed by atoms with Gasteiger partial charge in [-0.2, -0.15) is 0 Å². The lowest BCUT2D eigenvalue weighted by molar-refractivity contribution is -0.274. The minimum atomic E-state index is -4.73. The van der Waals surface area contributed by atoms with Crippen molar-refractivity contribution in [2.45, 2.75) is 51.4 Å². The van der Waals surface area contributed by atoms with Crippen LogP contribution in [0.5, 0.6) is 5.75 Å². The number of carbonyl (C=O) groups is 2. The first-order valence-electron chi connectivity index (χ1n) is 10.1. The van der Waals surface area contributed by atoms with Crippen LogP contribution in [0.1, 0.15) is 48.7 Å². The zero-order valence-corrected chi connectivity index (χ0v) is 17.9. The highest BCUT2D eigenvalue weighted by Gasteiger charge is 2.31. The van der Waals surface area contributed by atoms with Gasteiger partial charge in [0.25, 0.3) is 5.91 Å². The van der Waals surface area contributed by atoms with Gasteiger partial charge in [0.15, 0.2) is 0 Å². The van der Waals surface area contributed by atoms with Crippen LogP contribution in [0, 0.1) is 5.92 Å². The topological polar surface area (TPSA) is 64.6 Å². The van der Waals surface area contributed by atoms with E-state index in [1.54, 1.807) is 18.4 Å². The number of hydrogen-bond acceptors (Lipinski definition) is 5. The standard InChI is InChI=1S/C22H24F3NO4S/c1-2-29-20(27)11-14-3-7-17(8-4-14)26-21(28)19-12-16(13-31-19)15-5-9-18(10-6-15)30-22(23,24)25/h5-6,9-10,12-14,17H,2-4,7-8,11H2,1H3,(H,26,28). The summed E-state index contributed by atoms with van der Waals surface area (Å²) in [5, 5.41) is 4.84. The third kappa shape index (κ3) is 6.99. The van der Waals surface area contributed by atoms with Gasteiger partial charge in [-0.15, -0.1) is 24.5 Å². The van der Waals surface area contributed by atoms with E-state index in [-0.39, 0.29) is 23.7 Å². The molecule has 0 aliphatic heterocycles. The van der Waals surface area contributed by atoms with Crippen LogP contribution in [0.3, 0.4) is 0 Å². The highest BCUT2D eigenvalue weighted by atomic mass is 32.1. The maximum Gasteiger partial charge on any atom is 0.573 e. The first-order valence-corrected chi connectivity index (χ1v) is 11.0. The monoisotopic (exact) mass is 455 g/mol. The molecule has 1 amide bonds. The molecule has 5 nitrogen and oxygen atoms in total. The molecule has 0 bridgehead atoms. The molecular weight excluding hydrogens is 431 g/mol. The fourth-order valence-electron chi connectivity index (χ4n) is 3.68. The Balaban J connectivity index is 1.51. The SMILES string of the molecule is CCOC(=O)CC1CCC(NC(=O)c2cc(-c3ccc(OC(F)(F)F)cc3)cs2)CC1. The van der Waals surface area contributed by atoms with E-state index in [9.17, 15) is 22.8 Å². The molecule has 1 fully saturated rings. The average Bonchev–Trinajstić information content (AvgIpc) is 3.19. The number of halogens is 3. The van der Waals surface area contributed by atoms with E-state index in [0.717, 1.165) is 31.2 Å². The number of ether oxygens (including phenoxy) is 2. The molecule has 0 atom stereocenters. The second kappa shape index (κ2) is 10.2. The van der Waals surface area contributed by atoms with E-state index in [1.807, 2.05) is 0 Å². The van der Waals surface area contributed by atoms with Crippen molar-refractivity contribution in [2.24, 2.45) is 5.92 Å². The van der Waals surface area contributed by atoms with Crippen LogP contribution in [0.4, 0.5) is 13.2 Å².